The maximum atomic E-state index is 5.86. The number of nitrogens with zero attached hydrogens (tertiary/aromatic N) is 2. The number of rotatable bonds is 3. The fourth-order valence-corrected chi connectivity index (χ4v) is 2.23. The van der Waals surface area contributed by atoms with Crippen LogP contribution in [-0.2, 0) is 0 Å². The van der Waals surface area contributed by atoms with Crippen LogP contribution in [0.25, 0.3) is 0 Å². The van der Waals surface area contributed by atoms with Gasteiger partial charge >= 0.3 is 0 Å². The fourth-order valence-electron chi connectivity index (χ4n) is 2.01. The van der Waals surface area contributed by atoms with Crippen molar-refractivity contribution in [2.45, 2.75) is 26.7 Å². The third-order valence-corrected chi connectivity index (χ3v) is 3.34. The van der Waals surface area contributed by atoms with Crippen LogP contribution in [0.4, 0.5) is 0 Å². The number of ether oxygens (including phenoxy) is 1. The van der Waals surface area contributed by atoms with E-state index in [2.05, 4.69) is 29.0 Å². The van der Waals surface area contributed by atoms with Crippen LogP contribution >= 0.6 is 11.6 Å². The summed E-state index contributed by atoms with van der Waals surface area (Å²) >= 11 is 5.86. The second kappa shape index (κ2) is 5.50. The van der Waals surface area contributed by atoms with Gasteiger partial charge in [0.2, 0.25) is 5.88 Å². The van der Waals surface area contributed by atoms with Gasteiger partial charge in [-0.2, -0.15) is 4.98 Å². The summed E-state index contributed by atoms with van der Waals surface area (Å²) < 4.78 is 5.71. The quantitative estimate of drug-likeness (QED) is 0.611. The predicted molar refractivity (Wildman–Crippen MR) is 68.3 cm³/mol. The van der Waals surface area contributed by atoms with Crippen molar-refractivity contribution in [2.75, 3.05) is 6.61 Å². The van der Waals surface area contributed by atoms with Gasteiger partial charge in [-0.3, -0.25) is 0 Å². The summed E-state index contributed by atoms with van der Waals surface area (Å²) in [5.41, 5.74) is 0. The number of allylic oxidation sites excluding steroid dienone is 2. The van der Waals surface area contributed by atoms with Crippen LogP contribution in [-0.4, -0.2) is 16.6 Å². The van der Waals surface area contributed by atoms with E-state index in [-0.39, 0.29) is 0 Å². The zero-order valence-electron chi connectivity index (χ0n) is 10.2. The maximum absolute atomic E-state index is 5.86. The Morgan fingerprint density at radius 1 is 1.35 bits per heavy atom. The summed E-state index contributed by atoms with van der Waals surface area (Å²) in [7, 11) is 0. The lowest BCUT2D eigenvalue weighted by molar-refractivity contribution is 0.192. The number of halogens is 1. The van der Waals surface area contributed by atoms with E-state index in [1.807, 2.05) is 6.92 Å². The average molecular weight is 253 g/mol. The molecule has 0 fully saturated rings. The van der Waals surface area contributed by atoms with Crippen LogP contribution in [0, 0.1) is 18.8 Å². The molecule has 4 heteroatoms. The van der Waals surface area contributed by atoms with E-state index in [1.54, 1.807) is 6.07 Å². The SMILES string of the molecule is Cc1nc(Cl)cc(OCC2CC=CCC2C)n1. The van der Waals surface area contributed by atoms with Gasteiger partial charge < -0.3 is 4.74 Å². The molecule has 1 aliphatic rings. The third-order valence-electron chi connectivity index (χ3n) is 3.15. The first-order chi connectivity index (χ1) is 8.15. The molecule has 2 rings (SSSR count). The van der Waals surface area contributed by atoms with Crippen molar-refractivity contribution in [3.05, 3.63) is 29.2 Å². The molecule has 1 aliphatic carbocycles. The first kappa shape index (κ1) is 12.4. The van der Waals surface area contributed by atoms with E-state index in [1.165, 1.54) is 0 Å². The van der Waals surface area contributed by atoms with Crippen molar-refractivity contribution in [1.82, 2.24) is 9.97 Å². The topological polar surface area (TPSA) is 35.0 Å². The van der Waals surface area contributed by atoms with Gasteiger partial charge in [0.05, 0.1) is 6.61 Å². The lowest BCUT2D eigenvalue weighted by Gasteiger charge is -2.24. The summed E-state index contributed by atoms with van der Waals surface area (Å²) in [5, 5.41) is 0.434. The Labute approximate surface area is 107 Å². The summed E-state index contributed by atoms with van der Waals surface area (Å²) in [5.74, 6) is 2.45. The minimum absolute atomic E-state index is 0.434. The van der Waals surface area contributed by atoms with E-state index in [0.29, 0.717) is 35.3 Å². The second-order valence-electron chi connectivity index (χ2n) is 4.57. The molecule has 0 amide bonds. The van der Waals surface area contributed by atoms with Gasteiger partial charge in [0.25, 0.3) is 0 Å². The van der Waals surface area contributed by atoms with E-state index in [9.17, 15) is 0 Å². The van der Waals surface area contributed by atoms with Crippen LogP contribution in [0.15, 0.2) is 18.2 Å². The minimum Gasteiger partial charge on any atom is -0.477 e. The number of hydrogen-bond donors (Lipinski definition) is 0. The van der Waals surface area contributed by atoms with Crippen molar-refractivity contribution in [3.8, 4) is 5.88 Å². The molecule has 0 bridgehead atoms. The fraction of sp³-hybridized carbons (Fsp3) is 0.538. The van der Waals surface area contributed by atoms with Crippen molar-refractivity contribution >= 4 is 11.6 Å². The Balaban J connectivity index is 1.95. The highest BCUT2D eigenvalue weighted by atomic mass is 35.5. The highest BCUT2D eigenvalue weighted by Gasteiger charge is 2.19. The largest absolute Gasteiger partial charge is 0.477 e. The molecule has 3 nitrogen and oxygen atoms in total. The van der Waals surface area contributed by atoms with Crippen LogP contribution < -0.4 is 4.74 Å². The number of hydrogen-bond acceptors (Lipinski definition) is 3. The van der Waals surface area contributed by atoms with Gasteiger partial charge in [-0.15, -0.1) is 0 Å². The third kappa shape index (κ3) is 3.43. The van der Waals surface area contributed by atoms with E-state index in [0.717, 1.165) is 12.8 Å². The second-order valence-corrected chi connectivity index (χ2v) is 4.95. The van der Waals surface area contributed by atoms with E-state index < -0.39 is 0 Å². The Morgan fingerprint density at radius 3 is 2.82 bits per heavy atom. The summed E-state index contributed by atoms with van der Waals surface area (Å²) in [6.45, 7) is 4.76. The van der Waals surface area contributed by atoms with E-state index in [4.69, 9.17) is 16.3 Å². The van der Waals surface area contributed by atoms with Gasteiger partial charge in [0.15, 0.2) is 0 Å². The highest BCUT2D eigenvalue weighted by Crippen LogP contribution is 2.25. The monoisotopic (exact) mass is 252 g/mol. The van der Waals surface area contributed by atoms with Crippen LogP contribution in [0.3, 0.4) is 0 Å². The molecule has 0 radical (unpaired) electrons. The molecule has 2 atom stereocenters. The minimum atomic E-state index is 0.434. The Kier molecular flexibility index (Phi) is 4.00. The normalized spacial score (nSPS) is 23.7. The molecule has 0 aliphatic heterocycles. The molecule has 0 saturated heterocycles. The summed E-state index contributed by atoms with van der Waals surface area (Å²) in [6, 6.07) is 1.66. The molecule has 92 valence electrons. The molecule has 0 saturated carbocycles. The molecule has 0 aromatic carbocycles. The lowest BCUT2D eigenvalue weighted by atomic mass is 9.85. The van der Waals surface area contributed by atoms with Gasteiger partial charge in [0, 0.05) is 6.07 Å². The molecule has 1 heterocycles. The zero-order valence-corrected chi connectivity index (χ0v) is 10.9. The summed E-state index contributed by atoms with van der Waals surface area (Å²) in [6.07, 6.45) is 6.69. The van der Waals surface area contributed by atoms with Crippen molar-refractivity contribution < 1.29 is 4.74 Å². The van der Waals surface area contributed by atoms with Crippen molar-refractivity contribution in [3.63, 3.8) is 0 Å². The smallest absolute Gasteiger partial charge is 0.218 e. The molecule has 0 N–H and O–H groups in total. The first-order valence-electron chi connectivity index (χ1n) is 5.94. The summed E-state index contributed by atoms with van der Waals surface area (Å²) in [4.78, 5) is 8.21. The van der Waals surface area contributed by atoms with Crippen molar-refractivity contribution in [1.29, 1.82) is 0 Å². The van der Waals surface area contributed by atoms with Crippen molar-refractivity contribution in [2.24, 2.45) is 11.8 Å². The standard InChI is InChI=1S/C13H17ClN2O/c1-9-5-3-4-6-11(9)8-17-13-7-12(14)15-10(2)16-13/h3-4,7,9,11H,5-6,8H2,1-2H3. The van der Waals surface area contributed by atoms with Gasteiger partial charge in [-0.25, -0.2) is 4.98 Å². The van der Waals surface area contributed by atoms with Gasteiger partial charge in [-0.05, 0) is 31.6 Å². The lowest BCUT2D eigenvalue weighted by Crippen LogP contribution is -2.21. The highest BCUT2D eigenvalue weighted by molar-refractivity contribution is 6.29. The van der Waals surface area contributed by atoms with Crippen LogP contribution in [0.1, 0.15) is 25.6 Å². The molecule has 17 heavy (non-hydrogen) atoms. The average Bonchev–Trinajstić information content (AvgIpc) is 2.27. The number of aryl methyl sites for hydroxylation is 1. The molecule has 2 unspecified atom stereocenters. The Bertz CT molecular complexity index is 400. The maximum Gasteiger partial charge on any atom is 0.218 e. The number of aromatic nitrogens is 2. The molecular weight excluding hydrogens is 236 g/mol. The van der Waals surface area contributed by atoms with E-state index >= 15 is 0 Å². The molecule has 1 aromatic heterocycles. The molecule has 0 spiro atoms. The molecule has 1 aromatic rings. The molecular formula is C13H17ClN2O. The zero-order chi connectivity index (χ0) is 12.3. The predicted octanol–water partition coefficient (Wildman–Crippen LogP) is 3.42. The van der Waals surface area contributed by atoms with Gasteiger partial charge in [0.1, 0.15) is 11.0 Å². The Hall–Kier alpha value is -1.09. The van der Waals surface area contributed by atoms with Crippen LogP contribution in [0.2, 0.25) is 5.15 Å². The Morgan fingerprint density at radius 2 is 2.12 bits per heavy atom. The van der Waals surface area contributed by atoms with Crippen LogP contribution in [0.5, 0.6) is 5.88 Å². The van der Waals surface area contributed by atoms with Gasteiger partial charge in [-0.1, -0.05) is 30.7 Å². The first-order valence-corrected chi connectivity index (χ1v) is 6.32.